The number of nitrogens with zero attached hydrogens (tertiary/aromatic N) is 2. The third-order valence-corrected chi connectivity index (χ3v) is 1.98. The Kier molecular flexibility index (Phi) is 3.96. The quantitative estimate of drug-likeness (QED) is 0.848. The van der Waals surface area contributed by atoms with Crippen molar-refractivity contribution in [3.05, 3.63) is 5.82 Å². The second-order valence-corrected chi connectivity index (χ2v) is 3.50. The summed E-state index contributed by atoms with van der Waals surface area (Å²) < 4.78 is 91.2. The topological polar surface area (TPSA) is 51.0 Å². The van der Waals surface area contributed by atoms with Gasteiger partial charge in [-0.25, -0.2) is 0 Å². The van der Waals surface area contributed by atoms with Crippen LogP contribution in [0.1, 0.15) is 19.2 Å². The van der Waals surface area contributed by atoms with Crippen LogP contribution in [0.4, 0.5) is 36.7 Å². The minimum atomic E-state index is -6.44. The Labute approximate surface area is 102 Å². The zero-order valence-corrected chi connectivity index (χ0v) is 9.36. The SMILES string of the molecule is CCCNc1nc(C(F)(F)C(F)(F)C(F)(F)F)no1. The highest BCUT2D eigenvalue weighted by Gasteiger charge is 2.75. The molecule has 0 saturated carbocycles. The van der Waals surface area contributed by atoms with Crippen molar-refractivity contribution in [3.8, 4) is 0 Å². The molecule has 1 aromatic heterocycles. The number of hydrogen-bond acceptors (Lipinski definition) is 4. The van der Waals surface area contributed by atoms with Crippen LogP contribution in [0, 0.1) is 0 Å². The van der Waals surface area contributed by atoms with E-state index in [9.17, 15) is 30.7 Å². The number of hydrogen-bond donors (Lipinski definition) is 1. The molecule has 0 aliphatic rings. The molecule has 1 aromatic rings. The first kappa shape index (κ1) is 15.5. The maximum Gasteiger partial charge on any atom is 0.460 e. The van der Waals surface area contributed by atoms with Gasteiger partial charge in [-0.05, 0) is 6.42 Å². The monoisotopic (exact) mass is 295 g/mol. The molecule has 0 fully saturated rings. The normalized spacial score (nSPS) is 13.7. The lowest BCUT2D eigenvalue weighted by atomic mass is 10.1. The zero-order chi connectivity index (χ0) is 14.9. The van der Waals surface area contributed by atoms with Crippen molar-refractivity contribution in [2.75, 3.05) is 11.9 Å². The highest BCUT2D eigenvalue weighted by molar-refractivity contribution is 5.20. The van der Waals surface area contributed by atoms with Crippen LogP contribution in [0.3, 0.4) is 0 Å². The van der Waals surface area contributed by atoms with Crippen LogP contribution >= 0.6 is 0 Å². The zero-order valence-electron chi connectivity index (χ0n) is 9.36. The molecule has 1 heterocycles. The summed E-state index contributed by atoms with van der Waals surface area (Å²) in [5.74, 6) is -14.0. The Morgan fingerprint density at radius 2 is 1.68 bits per heavy atom. The van der Waals surface area contributed by atoms with E-state index in [1.165, 1.54) is 0 Å². The van der Waals surface area contributed by atoms with Crippen LogP contribution < -0.4 is 5.32 Å². The second kappa shape index (κ2) is 4.85. The fraction of sp³-hybridized carbons (Fsp3) is 0.750. The van der Waals surface area contributed by atoms with E-state index < -0.39 is 29.9 Å². The van der Waals surface area contributed by atoms with Crippen molar-refractivity contribution in [3.63, 3.8) is 0 Å². The Morgan fingerprint density at radius 3 is 2.16 bits per heavy atom. The van der Waals surface area contributed by atoms with Crippen LogP contribution in [-0.4, -0.2) is 28.8 Å². The summed E-state index contributed by atoms with van der Waals surface area (Å²) in [6.45, 7) is 1.89. The fourth-order valence-corrected chi connectivity index (χ4v) is 0.973. The molecule has 19 heavy (non-hydrogen) atoms. The average molecular weight is 295 g/mol. The van der Waals surface area contributed by atoms with Gasteiger partial charge in [-0.3, -0.25) is 0 Å². The Morgan fingerprint density at radius 1 is 1.11 bits per heavy atom. The van der Waals surface area contributed by atoms with Gasteiger partial charge in [-0.1, -0.05) is 12.1 Å². The van der Waals surface area contributed by atoms with Gasteiger partial charge in [-0.2, -0.15) is 35.7 Å². The maximum atomic E-state index is 13.1. The van der Waals surface area contributed by atoms with Gasteiger partial charge < -0.3 is 9.84 Å². The first-order valence-electron chi connectivity index (χ1n) is 4.94. The number of anilines is 1. The fourth-order valence-electron chi connectivity index (χ4n) is 0.973. The van der Waals surface area contributed by atoms with Gasteiger partial charge in [0, 0.05) is 6.54 Å². The number of halogens is 7. The molecule has 0 aliphatic heterocycles. The van der Waals surface area contributed by atoms with Gasteiger partial charge in [0.05, 0.1) is 0 Å². The van der Waals surface area contributed by atoms with E-state index in [-0.39, 0.29) is 6.54 Å². The summed E-state index contributed by atoms with van der Waals surface area (Å²) in [5.41, 5.74) is 0. The van der Waals surface area contributed by atoms with Crippen molar-refractivity contribution in [2.45, 2.75) is 31.4 Å². The summed E-state index contributed by atoms with van der Waals surface area (Å²) in [5, 5.41) is 4.72. The second-order valence-electron chi connectivity index (χ2n) is 3.50. The molecule has 0 atom stereocenters. The van der Waals surface area contributed by atoms with E-state index in [4.69, 9.17) is 0 Å². The highest BCUT2D eigenvalue weighted by atomic mass is 19.4. The summed E-state index contributed by atoms with van der Waals surface area (Å²) >= 11 is 0. The lowest BCUT2D eigenvalue weighted by Gasteiger charge is -2.25. The van der Waals surface area contributed by atoms with Gasteiger partial charge >= 0.3 is 24.0 Å². The molecular formula is C8H8F7N3O. The molecule has 0 amide bonds. The molecule has 0 saturated heterocycles. The first-order chi connectivity index (χ1) is 8.54. The van der Waals surface area contributed by atoms with E-state index in [0.717, 1.165) is 0 Å². The van der Waals surface area contributed by atoms with Crippen molar-refractivity contribution < 1.29 is 35.3 Å². The van der Waals surface area contributed by atoms with E-state index in [1.54, 1.807) is 6.92 Å². The smallest absolute Gasteiger partial charge is 0.338 e. The van der Waals surface area contributed by atoms with E-state index in [1.807, 2.05) is 0 Å². The van der Waals surface area contributed by atoms with E-state index >= 15 is 0 Å². The van der Waals surface area contributed by atoms with E-state index in [2.05, 4.69) is 20.0 Å². The van der Waals surface area contributed by atoms with Gasteiger partial charge in [0.2, 0.25) is 5.82 Å². The van der Waals surface area contributed by atoms with Crippen LogP contribution in [0.15, 0.2) is 4.52 Å². The molecule has 110 valence electrons. The van der Waals surface area contributed by atoms with Crippen molar-refractivity contribution in [1.29, 1.82) is 0 Å². The summed E-state index contributed by atoms with van der Waals surface area (Å²) in [6.07, 6.45) is -5.92. The summed E-state index contributed by atoms with van der Waals surface area (Å²) in [4.78, 5) is 2.78. The molecule has 11 heteroatoms. The Bertz CT molecular complexity index is 428. The lowest BCUT2D eigenvalue weighted by molar-refractivity contribution is -0.361. The molecule has 1 N–H and O–H groups in total. The highest BCUT2D eigenvalue weighted by Crippen LogP contribution is 2.50. The van der Waals surface area contributed by atoms with Crippen molar-refractivity contribution in [1.82, 2.24) is 10.1 Å². The van der Waals surface area contributed by atoms with Crippen LogP contribution in [0.25, 0.3) is 0 Å². The number of rotatable bonds is 5. The third kappa shape index (κ3) is 2.73. The largest absolute Gasteiger partial charge is 0.460 e. The van der Waals surface area contributed by atoms with Gasteiger partial charge in [0.1, 0.15) is 0 Å². The van der Waals surface area contributed by atoms with Crippen LogP contribution in [0.2, 0.25) is 0 Å². The minimum Gasteiger partial charge on any atom is -0.338 e. The molecular weight excluding hydrogens is 287 g/mol. The van der Waals surface area contributed by atoms with Crippen LogP contribution in [0.5, 0.6) is 0 Å². The molecule has 0 unspecified atom stereocenters. The summed E-state index contributed by atoms with van der Waals surface area (Å²) in [6, 6.07) is -0.658. The minimum absolute atomic E-state index is 0.197. The van der Waals surface area contributed by atoms with E-state index in [0.29, 0.717) is 6.42 Å². The molecule has 0 spiro atoms. The maximum absolute atomic E-state index is 13.1. The Hall–Kier alpha value is -1.55. The number of nitrogens with one attached hydrogen (secondary N) is 1. The Balaban J connectivity index is 3.03. The summed E-state index contributed by atoms with van der Waals surface area (Å²) in [7, 11) is 0. The molecule has 0 bridgehead atoms. The molecule has 1 rings (SSSR count). The third-order valence-electron chi connectivity index (χ3n) is 1.98. The molecule has 0 aromatic carbocycles. The molecule has 4 nitrogen and oxygen atoms in total. The van der Waals surface area contributed by atoms with Gasteiger partial charge in [0.25, 0.3) is 0 Å². The van der Waals surface area contributed by atoms with Gasteiger partial charge in [-0.15, -0.1) is 0 Å². The van der Waals surface area contributed by atoms with Crippen LogP contribution in [-0.2, 0) is 5.92 Å². The molecule has 0 radical (unpaired) electrons. The average Bonchev–Trinajstić information content (AvgIpc) is 2.73. The number of alkyl halides is 7. The lowest BCUT2D eigenvalue weighted by Crippen LogP contribution is -2.50. The predicted octanol–water partition coefficient (Wildman–Crippen LogP) is 3.18. The standard InChI is InChI=1S/C8H8F7N3O/c1-2-3-16-5-17-4(18-19-5)6(9,10)7(11,12)8(13,14)15/h2-3H2,1H3,(H,16,17,18). The number of aromatic nitrogens is 2. The molecule has 0 aliphatic carbocycles. The first-order valence-corrected chi connectivity index (χ1v) is 4.94. The van der Waals surface area contributed by atoms with Crippen molar-refractivity contribution in [2.24, 2.45) is 0 Å². The van der Waals surface area contributed by atoms with Gasteiger partial charge in [0.15, 0.2) is 0 Å². The predicted molar refractivity (Wildman–Crippen MR) is 48.0 cm³/mol. The van der Waals surface area contributed by atoms with Crippen molar-refractivity contribution >= 4 is 6.01 Å².